The maximum Gasteiger partial charge on any atom is 0.250 e. The molecule has 1 atom stereocenters. The minimum Gasteiger partial charge on any atom is -0.350 e. The SMILES string of the molecule is CC(C)(C)NC(=O)CN1C(=O)C(C(=O)N2CCCCC2)Sc2ccccc21. The summed E-state index contributed by atoms with van der Waals surface area (Å²) in [6.45, 7) is 7.02. The number of carbonyl (C=O) groups is 3. The number of carbonyl (C=O) groups excluding carboxylic acids is 3. The Balaban J connectivity index is 1.84. The molecule has 0 spiro atoms. The van der Waals surface area contributed by atoms with Crippen molar-refractivity contribution >= 4 is 35.2 Å². The first kappa shape index (κ1) is 19.7. The lowest BCUT2D eigenvalue weighted by Gasteiger charge is -2.36. The summed E-state index contributed by atoms with van der Waals surface area (Å²) in [5.41, 5.74) is 0.312. The number of benzene rings is 1. The first-order chi connectivity index (χ1) is 12.8. The van der Waals surface area contributed by atoms with E-state index in [9.17, 15) is 14.4 Å². The van der Waals surface area contributed by atoms with Crippen LogP contribution in [0.3, 0.4) is 0 Å². The third-order valence-electron chi connectivity index (χ3n) is 4.60. The van der Waals surface area contributed by atoms with Gasteiger partial charge in [-0.1, -0.05) is 12.1 Å². The standard InChI is InChI=1S/C20H27N3O3S/c1-20(2,3)21-16(24)13-23-14-9-5-6-10-15(14)27-17(19(23)26)18(25)22-11-7-4-8-12-22/h5-6,9-10,17H,4,7-8,11-13H2,1-3H3,(H,21,24). The van der Waals surface area contributed by atoms with E-state index in [-0.39, 0.29) is 29.8 Å². The van der Waals surface area contributed by atoms with Gasteiger partial charge in [0.2, 0.25) is 11.8 Å². The molecule has 1 fully saturated rings. The van der Waals surface area contributed by atoms with Gasteiger partial charge in [-0.15, -0.1) is 11.8 Å². The third kappa shape index (κ3) is 4.64. The number of hydrogen-bond donors (Lipinski definition) is 1. The second-order valence-corrected chi connectivity index (χ2v) is 9.22. The predicted molar refractivity (Wildman–Crippen MR) is 107 cm³/mol. The summed E-state index contributed by atoms with van der Waals surface area (Å²) in [7, 11) is 0. The van der Waals surface area contributed by atoms with Crippen LogP contribution < -0.4 is 10.2 Å². The highest BCUT2D eigenvalue weighted by atomic mass is 32.2. The zero-order valence-electron chi connectivity index (χ0n) is 16.2. The average Bonchev–Trinajstić information content (AvgIpc) is 2.62. The molecule has 6 nitrogen and oxygen atoms in total. The molecular formula is C20H27N3O3S. The number of thioether (sulfide) groups is 1. The molecule has 0 saturated carbocycles. The molecule has 7 heteroatoms. The fourth-order valence-electron chi connectivity index (χ4n) is 3.42. The Hall–Kier alpha value is -2.02. The van der Waals surface area contributed by atoms with E-state index in [0.717, 1.165) is 24.2 Å². The monoisotopic (exact) mass is 389 g/mol. The molecule has 1 aromatic rings. The lowest BCUT2D eigenvalue weighted by Crippen LogP contribution is -2.54. The normalized spacial score (nSPS) is 20.3. The van der Waals surface area contributed by atoms with Gasteiger partial charge in [0, 0.05) is 23.5 Å². The molecule has 1 N–H and O–H groups in total. The maximum atomic E-state index is 13.2. The van der Waals surface area contributed by atoms with E-state index in [1.165, 1.54) is 16.7 Å². The molecule has 2 heterocycles. The summed E-state index contributed by atoms with van der Waals surface area (Å²) in [5, 5.41) is 2.07. The molecule has 1 unspecified atom stereocenters. The molecule has 146 valence electrons. The van der Waals surface area contributed by atoms with Gasteiger partial charge in [0.25, 0.3) is 5.91 Å². The molecule has 0 bridgehead atoms. The second kappa shape index (κ2) is 7.92. The number of anilines is 1. The lowest BCUT2D eigenvalue weighted by atomic mass is 10.1. The Labute approximate surface area is 164 Å². The zero-order chi connectivity index (χ0) is 19.6. The van der Waals surface area contributed by atoms with E-state index >= 15 is 0 Å². The van der Waals surface area contributed by atoms with Crippen molar-refractivity contribution < 1.29 is 14.4 Å². The smallest absolute Gasteiger partial charge is 0.250 e. The fraction of sp³-hybridized carbons (Fsp3) is 0.550. The molecule has 0 radical (unpaired) electrons. The van der Waals surface area contributed by atoms with Gasteiger partial charge in [-0.2, -0.15) is 0 Å². The quantitative estimate of drug-likeness (QED) is 0.806. The van der Waals surface area contributed by atoms with E-state index in [4.69, 9.17) is 0 Å². The number of hydrogen-bond acceptors (Lipinski definition) is 4. The molecule has 3 rings (SSSR count). The molecular weight excluding hydrogens is 362 g/mol. The van der Waals surface area contributed by atoms with Crippen LogP contribution in [0.4, 0.5) is 5.69 Å². The summed E-state index contributed by atoms with van der Waals surface area (Å²) in [5.74, 6) is -0.680. The van der Waals surface area contributed by atoms with E-state index in [1.807, 2.05) is 45.0 Å². The van der Waals surface area contributed by atoms with Crippen LogP contribution >= 0.6 is 11.8 Å². The van der Waals surface area contributed by atoms with Crippen LogP contribution in [-0.4, -0.2) is 53.0 Å². The molecule has 0 aromatic heterocycles. The van der Waals surface area contributed by atoms with Crippen molar-refractivity contribution in [3.05, 3.63) is 24.3 Å². The Bertz CT molecular complexity index is 738. The summed E-state index contributed by atoms with van der Waals surface area (Å²) < 4.78 is 0. The van der Waals surface area contributed by atoms with Crippen LogP contribution in [0, 0.1) is 0 Å². The van der Waals surface area contributed by atoms with Crippen molar-refractivity contribution in [2.75, 3.05) is 24.5 Å². The first-order valence-electron chi connectivity index (χ1n) is 9.43. The lowest BCUT2D eigenvalue weighted by molar-refractivity contribution is -0.136. The number of nitrogens with one attached hydrogen (secondary N) is 1. The minimum atomic E-state index is -0.819. The van der Waals surface area contributed by atoms with Gasteiger partial charge in [-0.25, -0.2) is 0 Å². The largest absolute Gasteiger partial charge is 0.350 e. The molecule has 2 aliphatic rings. The number of fused-ring (bicyclic) bond motifs is 1. The predicted octanol–water partition coefficient (Wildman–Crippen LogP) is 2.42. The van der Waals surface area contributed by atoms with Crippen LogP contribution in [0.2, 0.25) is 0 Å². The van der Waals surface area contributed by atoms with Crippen molar-refractivity contribution in [3.8, 4) is 0 Å². The molecule has 1 saturated heterocycles. The summed E-state index contributed by atoms with van der Waals surface area (Å²) >= 11 is 1.30. The van der Waals surface area contributed by atoms with E-state index in [2.05, 4.69) is 5.32 Å². The van der Waals surface area contributed by atoms with Crippen LogP contribution in [0.15, 0.2) is 29.2 Å². The third-order valence-corrected chi connectivity index (χ3v) is 5.84. The molecule has 3 amide bonds. The van der Waals surface area contributed by atoms with Gasteiger partial charge in [0.05, 0.1) is 5.69 Å². The van der Waals surface area contributed by atoms with Crippen molar-refractivity contribution in [1.82, 2.24) is 10.2 Å². The van der Waals surface area contributed by atoms with Crippen molar-refractivity contribution in [2.45, 2.75) is 55.7 Å². The number of piperidine rings is 1. The average molecular weight is 390 g/mol. The highest BCUT2D eigenvalue weighted by Crippen LogP contribution is 2.39. The highest BCUT2D eigenvalue weighted by Gasteiger charge is 2.41. The number of amides is 3. The van der Waals surface area contributed by atoms with Gasteiger partial charge < -0.3 is 15.1 Å². The topological polar surface area (TPSA) is 69.7 Å². The molecule has 0 aliphatic carbocycles. The van der Waals surface area contributed by atoms with Crippen LogP contribution in [0.1, 0.15) is 40.0 Å². The Morgan fingerprint density at radius 3 is 2.48 bits per heavy atom. The van der Waals surface area contributed by atoms with Crippen molar-refractivity contribution in [1.29, 1.82) is 0 Å². The summed E-state index contributed by atoms with van der Waals surface area (Å²) in [6, 6.07) is 7.45. The summed E-state index contributed by atoms with van der Waals surface area (Å²) in [4.78, 5) is 42.7. The number of nitrogens with zero attached hydrogens (tertiary/aromatic N) is 2. The zero-order valence-corrected chi connectivity index (χ0v) is 17.0. The van der Waals surface area contributed by atoms with Crippen LogP contribution in [0.5, 0.6) is 0 Å². The van der Waals surface area contributed by atoms with Gasteiger partial charge >= 0.3 is 0 Å². The molecule has 27 heavy (non-hydrogen) atoms. The van der Waals surface area contributed by atoms with Crippen molar-refractivity contribution in [2.24, 2.45) is 0 Å². The first-order valence-corrected chi connectivity index (χ1v) is 10.3. The highest BCUT2D eigenvalue weighted by molar-refractivity contribution is 8.01. The molecule has 2 aliphatic heterocycles. The van der Waals surface area contributed by atoms with E-state index in [1.54, 1.807) is 4.90 Å². The molecule has 1 aromatic carbocycles. The van der Waals surface area contributed by atoms with Gasteiger partial charge in [0.1, 0.15) is 6.54 Å². The van der Waals surface area contributed by atoms with Gasteiger partial charge in [0.15, 0.2) is 5.25 Å². The second-order valence-electron chi connectivity index (χ2n) is 8.07. The van der Waals surface area contributed by atoms with E-state index < -0.39 is 5.25 Å². The maximum absolute atomic E-state index is 13.2. The van der Waals surface area contributed by atoms with Crippen LogP contribution in [-0.2, 0) is 14.4 Å². The number of para-hydroxylation sites is 1. The Morgan fingerprint density at radius 2 is 1.81 bits per heavy atom. The number of likely N-dealkylation sites (tertiary alicyclic amines) is 1. The summed E-state index contributed by atoms with van der Waals surface area (Å²) in [6.07, 6.45) is 3.08. The minimum absolute atomic E-state index is 0.0859. The van der Waals surface area contributed by atoms with Crippen molar-refractivity contribution in [3.63, 3.8) is 0 Å². The van der Waals surface area contributed by atoms with Gasteiger partial charge in [-0.05, 0) is 52.2 Å². The number of rotatable bonds is 3. The van der Waals surface area contributed by atoms with E-state index in [0.29, 0.717) is 18.8 Å². The van der Waals surface area contributed by atoms with Gasteiger partial charge in [-0.3, -0.25) is 14.4 Å². The fourth-order valence-corrected chi connectivity index (χ4v) is 4.61. The Kier molecular flexibility index (Phi) is 5.79. The van der Waals surface area contributed by atoms with Crippen LogP contribution in [0.25, 0.3) is 0 Å². The Morgan fingerprint density at radius 1 is 1.15 bits per heavy atom.